The summed E-state index contributed by atoms with van der Waals surface area (Å²) >= 11 is 0. The molecule has 0 fully saturated rings. The van der Waals surface area contributed by atoms with E-state index in [-0.39, 0.29) is 6.09 Å². The molecule has 1 aromatic carbocycles. The molecule has 1 aromatic heterocycles. The van der Waals surface area contributed by atoms with Gasteiger partial charge in [0.15, 0.2) is 0 Å². The number of fused-ring (bicyclic) bond motifs is 1. The summed E-state index contributed by atoms with van der Waals surface area (Å²) in [6, 6.07) is 9.92. The Morgan fingerprint density at radius 3 is 2.73 bits per heavy atom. The van der Waals surface area contributed by atoms with Crippen LogP contribution < -0.4 is 0 Å². The molecule has 0 saturated heterocycles. The zero-order valence-electron chi connectivity index (χ0n) is 13.3. The van der Waals surface area contributed by atoms with E-state index in [4.69, 9.17) is 9.47 Å². The molecule has 1 aliphatic rings. The highest BCUT2D eigenvalue weighted by Crippen LogP contribution is 2.29. The van der Waals surface area contributed by atoms with Crippen molar-refractivity contribution in [2.45, 2.75) is 32.8 Å². The van der Waals surface area contributed by atoms with Gasteiger partial charge >= 0.3 is 6.09 Å². The molecule has 4 nitrogen and oxygen atoms in total. The Hall–Kier alpha value is -2.07. The number of nitrogens with zero attached hydrogens (tertiary/aromatic N) is 1. The Labute approximate surface area is 130 Å². The molecule has 4 heteroatoms. The van der Waals surface area contributed by atoms with Gasteiger partial charge in [0.25, 0.3) is 0 Å². The van der Waals surface area contributed by atoms with Crippen molar-refractivity contribution in [3.05, 3.63) is 42.1 Å². The van der Waals surface area contributed by atoms with E-state index in [9.17, 15) is 4.79 Å². The van der Waals surface area contributed by atoms with Gasteiger partial charge in [-0.2, -0.15) is 0 Å². The van der Waals surface area contributed by atoms with Crippen LogP contribution in [-0.2, 0) is 9.47 Å². The van der Waals surface area contributed by atoms with Crippen molar-refractivity contribution in [2.24, 2.45) is 0 Å². The SMILES string of the molecule is CC(C)(C)OC(=O)n1c(C2=CCOCC2)cc2ccccc21. The van der Waals surface area contributed by atoms with Crippen molar-refractivity contribution in [2.75, 3.05) is 13.2 Å². The summed E-state index contributed by atoms with van der Waals surface area (Å²) in [5, 5.41) is 1.04. The molecule has 0 atom stereocenters. The van der Waals surface area contributed by atoms with Crippen LogP contribution in [0.1, 0.15) is 32.9 Å². The molecule has 2 heterocycles. The zero-order chi connectivity index (χ0) is 15.7. The van der Waals surface area contributed by atoms with Crippen LogP contribution in [0, 0.1) is 0 Å². The number of carbonyl (C=O) groups is 1. The van der Waals surface area contributed by atoms with Gasteiger partial charge in [0, 0.05) is 5.39 Å². The Balaban J connectivity index is 2.13. The predicted octanol–water partition coefficient (Wildman–Crippen LogP) is 4.23. The minimum absolute atomic E-state index is 0.337. The van der Waals surface area contributed by atoms with E-state index in [0.29, 0.717) is 13.2 Å². The van der Waals surface area contributed by atoms with Gasteiger partial charge in [0.05, 0.1) is 24.4 Å². The van der Waals surface area contributed by atoms with Crippen LogP contribution >= 0.6 is 0 Å². The second kappa shape index (κ2) is 5.61. The van der Waals surface area contributed by atoms with E-state index in [2.05, 4.69) is 6.07 Å². The monoisotopic (exact) mass is 299 g/mol. The average molecular weight is 299 g/mol. The first-order chi connectivity index (χ1) is 10.5. The average Bonchev–Trinajstić information content (AvgIpc) is 2.86. The highest BCUT2D eigenvalue weighted by Gasteiger charge is 2.23. The van der Waals surface area contributed by atoms with Crippen LogP contribution in [0.25, 0.3) is 16.5 Å². The lowest BCUT2D eigenvalue weighted by Crippen LogP contribution is -2.28. The van der Waals surface area contributed by atoms with Gasteiger partial charge in [-0.3, -0.25) is 0 Å². The number of ether oxygens (including phenoxy) is 2. The van der Waals surface area contributed by atoms with E-state index < -0.39 is 5.60 Å². The molecule has 2 aromatic rings. The van der Waals surface area contributed by atoms with Gasteiger partial charge in [-0.1, -0.05) is 24.3 Å². The van der Waals surface area contributed by atoms with Crippen molar-refractivity contribution in [3.63, 3.8) is 0 Å². The summed E-state index contributed by atoms with van der Waals surface area (Å²) in [6.45, 7) is 6.91. The maximum absolute atomic E-state index is 12.7. The molecule has 0 aliphatic carbocycles. The third kappa shape index (κ3) is 2.92. The number of aromatic nitrogens is 1. The Morgan fingerprint density at radius 2 is 2.05 bits per heavy atom. The van der Waals surface area contributed by atoms with Crippen LogP contribution in [0.4, 0.5) is 4.79 Å². The lowest BCUT2D eigenvalue weighted by Gasteiger charge is -2.22. The molecular weight excluding hydrogens is 278 g/mol. The molecule has 0 spiro atoms. The van der Waals surface area contributed by atoms with E-state index in [1.165, 1.54) is 0 Å². The highest BCUT2D eigenvalue weighted by molar-refractivity contribution is 5.94. The lowest BCUT2D eigenvalue weighted by molar-refractivity contribution is 0.0542. The predicted molar refractivity (Wildman–Crippen MR) is 87.0 cm³/mol. The van der Waals surface area contributed by atoms with E-state index in [1.54, 1.807) is 4.57 Å². The fraction of sp³-hybridized carbons (Fsp3) is 0.389. The second-order valence-electron chi connectivity index (χ2n) is 6.46. The summed E-state index contributed by atoms with van der Waals surface area (Å²) < 4.78 is 12.6. The first-order valence-corrected chi connectivity index (χ1v) is 7.57. The smallest absolute Gasteiger partial charge is 0.419 e. The standard InChI is InChI=1S/C18H21NO3/c1-18(2,3)22-17(20)19-15-7-5-4-6-14(15)12-16(19)13-8-10-21-11-9-13/h4-8,12H,9-11H2,1-3H3. The topological polar surface area (TPSA) is 40.5 Å². The van der Waals surface area contributed by atoms with Gasteiger partial charge in [-0.25, -0.2) is 9.36 Å². The minimum Gasteiger partial charge on any atom is -0.443 e. The molecule has 0 N–H and O–H groups in total. The highest BCUT2D eigenvalue weighted by atomic mass is 16.6. The minimum atomic E-state index is -0.524. The van der Waals surface area contributed by atoms with Crippen LogP contribution in [-0.4, -0.2) is 29.5 Å². The third-order valence-electron chi connectivity index (χ3n) is 3.58. The molecule has 116 valence electrons. The molecule has 0 radical (unpaired) electrons. The largest absolute Gasteiger partial charge is 0.443 e. The van der Waals surface area contributed by atoms with Crippen LogP contribution in [0.2, 0.25) is 0 Å². The Kier molecular flexibility index (Phi) is 3.79. The van der Waals surface area contributed by atoms with Gasteiger partial charge in [0.1, 0.15) is 5.60 Å². The first kappa shape index (κ1) is 14.9. The summed E-state index contributed by atoms with van der Waals surface area (Å²) in [4.78, 5) is 12.7. The van der Waals surface area contributed by atoms with Crippen LogP contribution in [0.5, 0.6) is 0 Å². The van der Waals surface area contributed by atoms with E-state index in [1.807, 2.05) is 51.1 Å². The Bertz CT molecular complexity index is 734. The molecule has 0 saturated carbocycles. The van der Waals surface area contributed by atoms with E-state index in [0.717, 1.165) is 28.6 Å². The molecule has 0 amide bonds. The molecule has 22 heavy (non-hydrogen) atoms. The van der Waals surface area contributed by atoms with Crippen molar-refractivity contribution in [1.82, 2.24) is 4.57 Å². The molecule has 1 aliphatic heterocycles. The van der Waals surface area contributed by atoms with Gasteiger partial charge in [0.2, 0.25) is 0 Å². The number of carbonyl (C=O) groups excluding carboxylic acids is 1. The second-order valence-corrected chi connectivity index (χ2v) is 6.46. The fourth-order valence-corrected chi connectivity index (χ4v) is 2.66. The number of benzene rings is 1. The summed E-state index contributed by atoms with van der Waals surface area (Å²) in [7, 11) is 0. The zero-order valence-corrected chi connectivity index (χ0v) is 13.3. The molecule has 0 unspecified atom stereocenters. The third-order valence-corrected chi connectivity index (χ3v) is 3.58. The summed E-state index contributed by atoms with van der Waals surface area (Å²) in [5.41, 5.74) is 2.38. The maximum Gasteiger partial charge on any atom is 0.419 e. The summed E-state index contributed by atoms with van der Waals surface area (Å²) in [5.74, 6) is 0. The fourth-order valence-electron chi connectivity index (χ4n) is 2.66. The number of hydrogen-bond acceptors (Lipinski definition) is 3. The number of hydrogen-bond donors (Lipinski definition) is 0. The number of para-hydroxylation sites is 1. The lowest BCUT2D eigenvalue weighted by atomic mass is 10.1. The molecule has 3 rings (SSSR count). The van der Waals surface area contributed by atoms with Gasteiger partial charge < -0.3 is 9.47 Å². The van der Waals surface area contributed by atoms with Crippen molar-refractivity contribution in [1.29, 1.82) is 0 Å². The van der Waals surface area contributed by atoms with E-state index >= 15 is 0 Å². The van der Waals surface area contributed by atoms with Gasteiger partial charge in [-0.05, 0) is 44.9 Å². The van der Waals surface area contributed by atoms with Crippen LogP contribution in [0.3, 0.4) is 0 Å². The normalized spacial score (nSPS) is 15.7. The quantitative estimate of drug-likeness (QED) is 0.791. The maximum atomic E-state index is 12.7. The first-order valence-electron chi connectivity index (χ1n) is 7.57. The van der Waals surface area contributed by atoms with Crippen molar-refractivity contribution < 1.29 is 14.3 Å². The summed E-state index contributed by atoms with van der Waals surface area (Å²) in [6.07, 6.45) is 2.51. The van der Waals surface area contributed by atoms with Crippen molar-refractivity contribution >= 4 is 22.6 Å². The molecular formula is C18H21NO3. The number of rotatable bonds is 1. The Morgan fingerprint density at radius 1 is 1.27 bits per heavy atom. The molecule has 0 bridgehead atoms. The van der Waals surface area contributed by atoms with Crippen molar-refractivity contribution in [3.8, 4) is 0 Å². The van der Waals surface area contributed by atoms with Gasteiger partial charge in [-0.15, -0.1) is 0 Å². The van der Waals surface area contributed by atoms with Crippen LogP contribution in [0.15, 0.2) is 36.4 Å².